The molecule has 0 heterocycles. The Hall–Kier alpha value is 0. The molecule has 0 radical (unpaired) electrons. The fraction of sp³-hybridized carbons (Fsp3) is 1.00. The fourth-order valence-corrected chi connectivity index (χ4v) is 3.82. The Bertz CT molecular complexity index is 248. The van der Waals surface area contributed by atoms with Crippen molar-refractivity contribution in [3.8, 4) is 0 Å². The molecule has 0 aromatic heterocycles. The van der Waals surface area contributed by atoms with Crippen LogP contribution in [0.1, 0.15) is 118 Å². The molecule has 0 saturated heterocycles. The van der Waals surface area contributed by atoms with Crippen LogP contribution in [0, 0.1) is 23.2 Å². The molecule has 22 heavy (non-hydrogen) atoms. The van der Waals surface area contributed by atoms with Gasteiger partial charge in [0.25, 0.3) is 0 Å². The molecule has 0 heteroatoms. The summed E-state index contributed by atoms with van der Waals surface area (Å²) in [5.41, 5.74) is 0.554. The summed E-state index contributed by atoms with van der Waals surface area (Å²) in [4.78, 5) is 0. The van der Waals surface area contributed by atoms with Gasteiger partial charge >= 0.3 is 0 Å². The van der Waals surface area contributed by atoms with Gasteiger partial charge in [-0.1, -0.05) is 112 Å². The molecule has 2 aliphatic carbocycles. The van der Waals surface area contributed by atoms with Gasteiger partial charge in [0, 0.05) is 0 Å². The Morgan fingerprint density at radius 3 is 1.68 bits per heavy atom. The van der Waals surface area contributed by atoms with Crippen molar-refractivity contribution in [3.63, 3.8) is 0 Å². The summed E-state index contributed by atoms with van der Waals surface area (Å²) in [6, 6.07) is 0. The highest BCUT2D eigenvalue weighted by molar-refractivity contribution is 4.70. The molecule has 2 saturated carbocycles. The molecule has 0 amide bonds. The second kappa shape index (κ2) is 10.7. The molecule has 0 aromatic carbocycles. The normalized spacial score (nSPS) is 19.9. The van der Waals surface area contributed by atoms with Crippen LogP contribution in [0.15, 0.2) is 0 Å². The predicted octanol–water partition coefficient (Wildman–Crippen LogP) is 8.01. The Morgan fingerprint density at radius 2 is 1.27 bits per heavy atom. The first-order valence-corrected chi connectivity index (χ1v) is 10.4. The first kappa shape index (κ1) is 20.0. The van der Waals surface area contributed by atoms with Crippen LogP contribution in [0.2, 0.25) is 0 Å². The summed E-state index contributed by atoms with van der Waals surface area (Å²) in [6.45, 7) is 11.7. The van der Waals surface area contributed by atoms with Crippen molar-refractivity contribution in [2.24, 2.45) is 23.2 Å². The van der Waals surface area contributed by atoms with Crippen molar-refractivity contribution in [1.82, 2.24) is 0 Å². The molecule has 0 aliphatic heterocycles. The molecule has 2 rings (SSSR count). The Labute approximate surface area is 141 Å². The third-order valence-electron chi connectivity index (χ3n) is 5.63. The Balaban J connectivity index is 0.000000224. The van der Waals surface area contributed by atoms with Crippen LogP contribution in [0.5, 0.6) is 0 Å². The first-order chi connectivity index (χ1) is 10.4. The number of hydrogen-bond donors (Lipinski definition) is 0. The van der Waals surface area contributed by atoms with Crippen LogP contribution in [-0.2, 0) is 0 Å². The lowest BCUT2D eigenvalue weighted by molar-refractivity contribution is 0.282. The second-order valence-electron chi connectivity index (χ2n) is 9.73. The van der Waals surface area contributed by atoms with E-state index in [1.54, 1.807) is 0 Å². The van der Waals surface area contributed by atoms with E-state index in [9.17, 15) is 0 Å². The molecule has 132 valence electrons. The van der Waals surface area contributed by atoms with Gasteiger partial charge in [0.15, 0.2) is 0 Å². The Morgan fingerprint density at radius 1 is 0.773 bits per heavy atom. The monoisotopic (exact) mass is 308 g/mol. The quantitative estimate of drug-likeness (QED) is 0.447. The van der Waals surface area contributed by atoms with Crippen molar-refractivity contribution >= 4 is 0 Å². The molecule has 2 fully saturated rings. The minimum atomic E-state index is 0.554. The summed E-state index contributed by atoms with van der Waals surface area (Å²) >= 11 is 0. The highest BCUT2D eigenvalue weighted by Gasteiger charge is 2.17. The van der Waals surface area contributed by atoms with Gasteiger partial charge in [0.1, 0.15) is 0 Å². The van der Waals surface area contributed by atoms with Crippen molar-refractivity contribution < 1.29 is 0 Å². The van der Waals surface area contributed by atoms with E-state index < -0.39 is 0 Å². The number of rotatable bonds is 7. The van der Waals surface area contributed by atoms with E-state index in [-0.39, 0.29) is 0 Å². The maximum absolute atomic E-state index is 2.35. The van der Waals surface area contributed by atoms with Gasteiger partial charge in [-0.25, -0.2) is 0 Å². The largest absolute Gasteiger partial charge is 0.0628 e. The summed E-state index contributed by atoms with van der Waals surface area (Å²) < 4.78 is 0. The summed E-state index contributed by atoms with van der Waals surface area (Å²) in [6.07, 6.45) is 19.4. The lowest BCUT2D eigenvalue weighted by atomic mass is 9.81. The van der Waals surface area contributed by atoms with Gasteiger partial charge in [-0.2, -0.15) is 0 Å². The zero-order valence-electron chi connectivity index (χ0n) is 16.4. The van der Waals surface area contributed by atoms with E-state index in [0.29, 0.717) is 5.41 Å². The molecule has 0 nitrogen and oxygen atoms in total. The van der Waals surface area contributed by atoms with Crippen LogP contribution in [0.3, 0.4) is 0 Å². The van der Waals surface area contributed by atoms with E-state index in [1.165, 1.54) is 83.5 Å². The topological polar surface area (TPSA) is 0 Å². The molecule has 0 spiro atoms. The van der Waals surface area contributed by atoms with Gasteiger partial charge in [-0.3, -0.25) is 0 Å². The van der Waals surface area contributed by atoms with Gasteiger partial charge in [-0.15, -0.1) is 0 Å². The van der Waals surface area contributed by atoms with Gasteiger partial charge < -0.3 is 0 Å². The maximum atomic E-state index is 2.35. The van der Waals surface area contributed by atoms with Crippen LogP contribution < -0.4 is 0 Å². The van der Waals surface area contributed by atoms with E-state index in [1.807, 2.05) is 0 Å². The van der Waals surface area contributed by atoms with Gasteiger partial charge in [0.2, 0.25) is 0 Å². The van der Waals surface area contributed by atoms with E-state index in [4.69, 9.17) is 0 Å². The van der Waals surface area contributed by atoms with Crippen molar-refractivity contribution in [1.29, 1.82) is 0 Å². The average molecular weight is 309 g/mol. The van der Waals surface area contributed by atoms with Crippen molar-refractivity contribution in [3.05, 3.63) is 0 Å². The first-order valence-electron chi connectivity index (χ1n) is 10.4. The average Bonchev–Trinajstić information content (AvgIpc) is 2.84. The third-order valence-corrected chi connectivity index (χ3v) is 5.63. The zero-order chi connectivity index (χ0) is 16.4. The van der Waals surface area contributed by atoms with Gasteiger partial charge in [0.05, 0.1) is 0 Å². The van der Waals surface area contributed by atoms with Crippen molar-refractivity contribution in [2.45, 2.75) is 118 Å². The lowest BCUT2D eigenvalue weighted by Gasteiger charge is -2.25. The number of hydrogen-bond acceptors (Lipinski definition) is 0. The van der Waals surface area contributed by atoms with E-state index >= 15 is 0 Å². The van der Waals surface area contributed by atoms with Crippen LogP contribution in [0.25, 0.3) is 0 Å². The van der Waals surface area contributed by atoms with Gasteiger partial charge in [-0.05, 0) is 29.6 Å². The molecule has 0 N–H and O–H groups in total. The molecule has 0 unspecified atom stereocenters. The maximum Gasteiger partial charge on any atom is -0.0383 e. The van der Waals surface area contributed by atoms with Crippen LogP contribution in [0.4, 0.5) is 0 Å². The molecule has 2 aliphatic rings. The van der Waals surface area contributed by atoms with Crippen LogP contribution in [-0.4, -0.2) is 0 Å². The smallest absolute Gasteiger partial charge is 0.0383 e. The highest BCUT2D eigenvalue weighted by atomic mass is 14.2. The SMILES string of the molecule is CC(C)(C)CCCC1CCCC1.CC(C)CCCC1CCC1. The third kappa shape index (κ3) is 10.7. The minimum absolute atomic E-state index is 0.554. The lowest BCUT2D eigenvalue weighted by Crippen LogP contribution is -2.10. The summed E-state index contributed by atoms with van der Waals surface area (Å²) in [5.74, 6) is 3.13. The molecule has 0 atom stereocenters. The zero-order valence-corrected chi connectivity index (χ0v) is 16.4. The molecule has 0 aromatic rings. The predicted molar refractivity (Wildman–Crippen MR) is 101 cm³/mol. The fourth-order valence-electron chi connectivity index (χ4n) is 3.82. The van der Waals surface area contributed by atoms with Crippen molar-refractivity contribution in [2.75, 3.05) is 0 Å². The second-order valence-corrected chi connectivity index (χ2v) is 9.73. The summed E-state index contributed by atoms with van der Waals surface area (Å²) in [5, 5.41) is 0. The van der Waals surface area contributed by atoms with E-state index in [0.717, 1.165) is 17.8 Å². The van der Waals surface area contributed by atoms with Crippen LogP contribution >= 0.6 is 0 Å². The summed E-state index contributed by atoms with van der Waals surface area (Å²) in [7, 11) is 0. The molecular formula is C22H44. The minimum Gasteiger partial charge on any atom is -0.0628 e. The standard InChI is InChI=1S/C12H24.C10H20/c1-12(2,3)10-6-9-11-7-4-5-8-11;1-9(2)5-3-6-10-7-4-8-10/h11H,4-10H2,1-3H3;9-10H,3-8H2,1-2H3. The molecular weight excluding hydrogens is 264 g/mol. The molecule has 0 bridgehead atoms. The highest BCUT2D eigenvalue weighted by Crippen LogP contribution is 2.32. The Kier molecular flexibility index (Phi) is 9.76. The van der Waals surface area contributed by atoms with E-state index in [2.05, 4.69) is 34.6 Å².